The zero-order chi connectivity index (χ0) is 14.7. The second-order valence-electron chi connectivity index (χ2n) is 4.37. The van der Waals surface area contributed by atoms with Gasteiger partial charge >= 0.3 is 0 Å². The van der Waals surface area contributed by atoms with E-state index in [2.05, 4.69) is 26.1 Å². The normalized spacial score (nSPS) is 11.0. The van der Waals surface area contributed by atoms with Crippen molar-refractivity contribution < 1.29 is 9.53 Å². The molecule has 0 atom stereocenters. The van der Waals surface area contributed by atoms with E-state index in [1.54, 1.807) is 28.7 Å². The van der Waals surface area contributed by atoms with E-state index in [0.29, 0.717) is 35.6 Å². The molecule has 2 aromatic rings. The number of aryl methyl sites for hydroxylation is 2. The molecule has 0 fully saturated rings. The maximum absolute atomic E-state index is 12.7. The molecule has 0 spiro atoms. The molecule has 0 bridgehead atoms. The van der Waals surface area contributed by atoms with Gasteiger partial charge in [-0.2, -0.15) is 10.2 Å². The summed E-state index contributed by atoms with van der Waals surface area (Å²) >= 11 is 3.39. The predicted molar refractivity (Wildman–Crippen MR) is 77.9 cm³/mol. The summed E-state index contributed by atoms with van der Waals surface area (Å²) in [6.45, 7) is 5.52. The van der Waals surface area contributed by atoms with Crippen molar-refractivity contribution in [3.63, 3.8) is 0 Å². The molecule has 0 unspecified atom stereocenters. The summed E-state index contributed by atoms with van der Waals surface area (Å²) in [5.74, 6) is -0.0899. The van der Waals surface area contributed by atoms with Crippen LogP contribution in [0.4, 0.5) is 0 Å². The van der Waals surface area contributed by atoms with Gasteiger partial charge in [-0.05, 0) is 35.8 Å². The number of hydrogen-bond donors (Lipinski definition) is 0. The van der Waals surface area contributed by atoms with E-state index in [-0.39, 0.29) is 5.78 Å². The Morgan fingerprint density at radius 3 is 2.85 bits per heavy atom. The topological polar surface area (TPSA) is 61.9 Å². The summed E-state index contributed by atoms with van der Waals surface area (Å²) in [7, 11) is 1.62. The lowest BCUT2D eigenvalue weighted by Crippen LogP contribution is -2.17. The van der Waals surface area contributed by atoms with Crippen LogP contribution in [0.1, 0.15) is 28.8 Å². The Labute approximate surface area is 125 Å². The molecule has 0 aliphatic rings. The average molecular weight is 341 g/mol. The number of ether oxygens (including phenoxy) is 1. The molecule has 6 nitrogen and oxygen atoms in total. The molecule has 0 aliphatic heterocycles. The maximum Gasteiger partial charge on any atom is 0.230 e. The van der Waals surface area contributed by atoms with Crippen molar-refractivity contribution >= 4 is 21.7 Å². The number of carbonyl (C=O) groups excluding carboxylic acids is 1. The Kier molecular flexibility index (Phi) is 4.72. The van der Waals surface area contributed by atoms with Gasteiger partial charge in [0.25, 0.3) is 0 Å². The quantitative estimate of drug-likeness (QED) is 0.755. The molecule has 0 aliphatic carbocycles. The minimum Gasteiger partial charge on any atom is -0.383 e. The highest BCUT2D eigenvalue weighted by Crippen LogP contribution is 2.20. The van der Waals surface area contributed by atoms with Crippen LogP contribution in [0.3, 0.4) is 0 Å². The van der Waals surface area contributed by atoms with Crippen LogP contribution < -0.4 is 0 Å². The lowest BCUT2D eigenvalue weighted by atomic mass is 10.2. The van der Waals surface area contributed by atoms with E-state index in [0.717, 1.165) is 5.69 Å². The van der Waals surface area contributed by atoms with Gasteiger partial charge in [0.15, 0.2) is 0 Å². The van der Waals surface area contributed by atoms with Gasteiger partial charge in [0.1, 0.15) is 11.4 Å². The summed E-state index contributed by atoms with van der Waals surface area (Å²) in [5.41, 5.74) is 1.93. The highest BCUT2D eigenvalue weighted by Gasteiger charge is 2.22. The first-order chi connectivity index (χ1) is 9.58. The van der Waals surface area contributed by atoms with E-state index >= 15 is 0 Å². The van der Waals surface area contributed by atoms with Gasteiger partial charge in [-0.15, -0.1) is 0 Å². The van der Waals surface area contributed by atoms with Gasteiger partial charge in [0.2, 0.25) is 5.78 Å². The van der Waals surface area contributed by atoms with Crippen molar-refractivity contribution in [2.24, 2.45) is 0 Å². The van der Waals surface area contributed by atoms with Crippen molar-refractivity contribution in [3.8, 4) is 0 Å². The standard InChI is InChI=1S/C13H17BrN4O2/c1-4-17-11(7-9(2)16-17)13(19)12-10(14)8-15-18(12)5-6-20-3/h7-8H,4-6H2,1-3H3. The molecular weight excluding hydrogens is 324 g/mol. The minimum atomic E-state index is -0.0899. The van der Waals surface area contributed by atoms with Crippen LogP contribution in [0.15, 0.2) is 16.7 Å². The van der Waals surface area contributed by atoms with Gasteiger partial charge in [-0.3, -0.25) is 14.2 Å². The summed E-state index contributed by atoms with van der Waals surface area (Å²) < 4.78 is 9.08. The molecule has 2 aromatic heterocycles. The van der Waals surface area contributed by atoms with Gasteiger partial charge in [0.05, 0.1) is 29.5 Å². The SMILES string of the molecule is CCn1nc(C)cc1C(=O)c1c(Br)cnn1CCOC. The molecule has 2 rings (SSSR count). The van der Waals surface area contributed by atoms with E-state index in [1.165, 1.54) is 0 Å². The maximum atomic E-state index is 12.7. The third-order valence-electron chi connectivity index (χ3n) is 2.95. The predicted octanol–water partition coefficient (Wildman–Crippen LogP) is 2.05. The van der Waals surface area contributed by atoms with E-state index in [9.17, 15) is 4.79 Å². The molecule has 7 heteroatoms. The third-order valence-corrected chi connectivity index (χ3v) is 3.53. The first kappa shape index (κ1) is 14.9. The zero-order valence-electron chi connectivity index (χ0n) is 11.8. The summed E-state index contributed by atoms with van der Waals surface area (Å²) in [4.78, 5) is 12.7. The number of aromatic nitrogens is 4. The largest absolute Gasteiger partial charge is 0.383 e. The number of ketones is 1. The second-order valence-corrected chi connectivity index (χ2v) is 5.23. The van der Waals surface area contributed by atoms with Crippen LogP contribution in [-0.2, 0) is 17.8 Å². The molecule has 0 N–H and O–H groups in total. The number of hydrogen-bond acceptors (Lipinski definition) is 4. The van der Waals surface area contributed by atoms with Crippen molar-refractivity contribution in [2.75, 3.05) is 13.7 Å². The average Bonchev–Trinajstić information content (AvgIpc) is 2.98. The second kappa shape index (κ2) is 6.32. The van der Waals surface area contributed by atoms with E-state index < -0.39 is 0 Å². The molecule has 0 amide bonds. The lowest BCUT2D eigenvalue weighted by molar-refractivity contribution is 0.101. The smallest absolute Gasteiger partial charge is 0.230 e. The van der Waals surface area contributed by atoms with Crippen LogP contribution in [-0.4, -0.2) is 39.1 Å². The first-order valence-electron chi connectivity index (χ1n) is 6.37. The van der Waals surface area contributed by atoms with E-state index in [4.69, 9.17) is 4.74 Å². The van der Waals surface area contributed by atoms with Crippen LogP contribution in [0.25, 0.3) is 0 Å². The van der Waals surface area contributed by atoms with Crippen LogP contribution >= 0.6 is 15.9 Å². The van der Waals surface area contributed by atoms with Gasteiger partial charge < -0.3 is 4.74 Å². The molecule has 2 heterocycles. The zero-order valence-corrected chi connectivity index (χ0v) is 13.3. The first-order valence-corrected chi connectivity index (χ1v) is 7.17. The Morgan fingerprint density at radius 1 is 1.45 bits per heavy atom. The van der Waals surface area contributed by atoms with Gasteiger partial charge in [-0.25, -0.2) is 0 Å². The van der Waals surface area contributed by atoms with E-state index in [1.807, 2.05) is 13.8 Å². The Balaban J connectivity index is 2.39. The third kappa shape index (κ3) is 2.83. The lowest BCUT2D eigenvalue weighted by Gasteiger charge is -2.08. The Bertz CT molecular complexity index is 618. The highest BCUT2D eigenvalue weighted by molar-refractivity contribution is 9.10. The molecule has 0 saturated carbocycles. The van der Waals surface area contributed by atoms with Crippen LogP contribution in [0.5, 0.6) is 0 Å². The fraction of sp³-hybridized carbons (Fsp3) is 0.462. The molecule has 20 heavy (non-hydrogen) atoms. The number of carbonyl (C=O) groups is 1. The number of methoxy groups -OCH3 is 1. The fourth-order valence-corrected chi connectivity index (χ4v) is 2.50. The molecule has 0 saturated heterocycles. The van der Waals surface area contributed by atoms with Crippen molar-refractivity contribution in [1.82, 2.24) is 19.6 Å². The molecule has 108 valence electrons. The molecule has 0 radical (unpaired) electrons. The number of halogens is 1. The molecular formula is C13H17BrN4O2. The van der Waals surface area contributed by atoms with Crippen molar-refractivity contribution in [2.45, 2.75) is 26.9 Å². The van der Waals surface area contributed by atoms with Crippen molar-refractivity contribution in [3.05, 3.63) is 33.8 Å². The van der Waals surface area contributed by atoms with Crippen molar-refractivity contribution in [1.29, 1.82) is 0 Å². The summed E-state index contributed by atoms with van der Waals surface area (Å²) in [5, 5.41) is 8.51. The summed E-state index contributed by atoms with van der Waals surface area (Å²) in [6, 6.07) is 1.80. The Morgan fingerprint density at radius 2 is 2.20 bits per heavy atom. The number of nitrogens with zero attached hydrogens (tertiary/aromatic N) is 4. The Hall–Kier alpha value is -1.47. The van der Waals surface area contributed by atoms with Gasteiger partial charge in [0, 0.05) is 13.7 Å². The fourth-order valence-electron chi connectivity index (χ4n) is 2.03. The summed E-state index contributed by atoms with van der Waals surface area (Å²) in [6.07, 6.45) is 1.63. The van der Waals surface area contributed by atoms with Crippen LogP contribution in [0.2, 0.25) is 0 Å². The molecule has 0 aromatic carbocycles. The monoisotopic (exact) mass is 340 g/mol. The van der Waals surface area contributed by atoms with Crippen LogP contribution in [0, 0.1) is 6.92 Å². The van der Waals surface area contributed by atoms with Gasteiger partial charge in [-0.1, -0.05) is 0 Å². The number of rotatable bonds is 6. The highest BCUT2D eigenvalue weighted by atomic mass is 79.9. The minimum absolute atomic E-state index is 0.0899.